The summed E-state index contributed by atoms with van der Waals surface area (Å²) in [5.41, 5.74) is 10.3. The monoisotopic (exact) mass is 383 g/mol. The number of hydrogen-bond donors (Lipinski definition) is 2. The SMILES string of the molecule is CCCCNc1nc(N)nc(C)c1Cc1ccc(CN2CCCC2)cc1OC. The van der Waals surface area contributed by atoms with Crippen molar-refractivity contribution in [2.45, 2.75) is 52.5 Å². The van der Waals surface area contributed by atoms with Gasteiger partial charge in [-0.1, -0.05) is 25.5 Å². The minimum Gasteiger partial charge on any atom is -0.496 e. The zero-order valence-electron chi connectivity index (χ0n) is 17.4. The number of unbranched alkanes of at least 4 members (excludes halogenated alkanes) is 1. The van der Waals surface area contributed by atoms with Crippen LogP contribution in [0.2, 0.25) is 0 Å². The number of methoxy groups -OCH3 is 1. The van der Waals surface area contributed by atoms with E-state index < -0.39 is 0 Å². The molecule has 1 aliphatic rings. The van der Waals surface area contributed by atoms with Crippen molar-refractivity contribution >= 4 is 11.8 Å². The van der Waals surface area contributed by atoms with E-state index in [1.165, 1.54) is 31.5 Å². The first-order valence-electron chi connectivity index (χ1n) is 10.4. The van der Waals surface area contributed by atoms with Crippen LogP contribution in [0.15, 0.2) is 18.2 Å². The van der Waals surface area contributed by atoms with Gasteiger partial charge in [0.05, 0.1) is 7.11 Å². The molecule has 1 saturated heterocycles. The lowest BCUT2D eigenvalue weighted by atomic mass is 10.0. The van der Waals surface area contributed by atoms with Crippen LogP contribution in [0.3, 0.4) is 0 Å². The van der Waals surface area contributed by atoms with E-state index in [1.54, 1.807) is 7.11 Å². The molecule has 28 heavy (non-hydrogen) atoms. The second-order valence-electron chi connectivity index (χ2n) is 7.58. The molecule has 1 aromatic heterocycles. The molecule has 1 aliphatic heterocycles. The predicted molar refractivity (Wildman–Crippen MR) is 115 cm³/mol. The van der Waals surface area contributed by atoms with E-state index in [4.69, 9.17) is 10.5 Å². The number of rotatable bonds is 9. The molecule has 0 aliphatic carbocycles. The molecule has 1 aromatic carbocycles. The van der Waals surface area contributed by atoms with E-state index in [2.05, 4.69) is 45.3 Å². The van der Waals surface area contributed by atoms with E-state index in [0.717, 1.165) is 54.3 Å². The maximum Gasteiger partial charge on any atom is 0.222 e. The second-order valence-corrected chi connectivity index (χ2v) is 7.58. The molecule has 152 valence electrons. The second kappa shape index (κ2) is 9.73. The molecule has 6 heteroatoms. The Labute approximate surface area is 168 Å². The van der Waals surface area contributed by atoms with Crippen molar-refractivity contribution in [3.8, 4) is 5.75 Å². The number of anilines is 2. The minimum absolute atomic E-state index is 0.313. The molecule has 1 fully saturated rings. The first kappa shape index (κ1) is 20.4. The minimum atomic E-state index is 0.313. The fourth-order valence-electron chi connectivity index (χ4n) is 3.78. The molecule has 2 aromatic rings. The normalized spacial score (nSPS) is 14.4. The highest BCUT2D eigenvalue weighted by Gasteiger charge is 2.16. The third-order valence-corrected chi connectivity index (χ3v) is 5.38. The van der Waals surface area contributed by atoms with E-state index in [9.17, 15) is 0 Å². The van der Waals surface area contributed by atoms with Crippen molar-refractivity contribution in [3.63, 3.8) is 0 Å². The molecular weight excluding hydrogens is 350 g/mol. The lowest BCUT2D eigenvalue weighted by Gasteiger charge is -2.18. The molecule has 6 nitrogen and oxygen atoms in total. The third-order valence-electron chi connectivity index (χ3n) is 5.38. The Morgan fingerprint density at radius 1 is 1.21 bits per heavy atom. The van der Waals surface area contributed by atoms with E-state index in [0.29, 0.717) is 12.4 Å². The summed E-state index contributed by atoms with van der Waals surface area (Å²) in [5.74, 6) is 2.07. The van der Waals surface area contributed by atoms with Gasteiger partial charge in [-0.2, -0.15) is 4.98 Å². The summed E-state index contributed by atoms with van der Waals surface area (Å²) in [6.07, 6.45) is 5.55. The fraction of sp³-hybridized carbons (Fsp3) is 0.545. The van der Waals surface area contributed by atoms with Crippen LogP contribution in [0.25, 0.3) is 0 Å². The van der Waals surface area contributed by atoms with Crippen LogP contribution in [0.1, 0.15) is 55.0 Å². The van der Waals surface area contributed by atoms with E-state index in [1.807, 2.05) is 6.92 Å². The van der Waals surface area contributed by atoms with Gasteiger partial charge in [0.2, 0.25) is 5.95 Å². The molecule has 2 heterocycles. The Balaban J connectivity index is 1.82. The van der Waals surface area contributed by atoms with Gasteiger partial charge < -0.3 is 15.8 Å². The van der Waals surface area contributed by atoms with Gasteiger partial charge in [0.1, 0.15) is 11.6 Å². The quantitative estimate of drug-likeness (QED) is 0.642. The molecule has 0 spiro atoms. The zero-order chi connectivity index (χ0) is 19.9. The average Bonchev–Trinajstić information content (AvgIpc) is 3.18. The highest BCUT2D eigenvalue weighted by molar-refractivity contribution is 5.53. The lowest BCUT2D eigenvalue weighted by Crippen LogP contribution is -2.18. The number of likely N-dealkylation sites (tertiary alicyclic amines) is 1. The number of nitrogen functional groups attached to an aromatic ring is 1. The number of hydrogen-bond acceptors (Lipinski definition) is 6. The summed E-state index contributed by atoms with van der Waals surface area (Å²) in [7, 11) is 1.74. The number of ether oxygens (including phenoxy) is 1. The van der Waals surface area contributed by atoms with Crippen molar-refractivity contribution in [2.24, 2.45) is 0 Å². The van der Waals surface area contributed by atoms with Gasteiger partial charge in [-0.05, 0) is 56.5 Å². The Bertz CT molecular complexity index is 787. The largest absolute Gasteiger partial charge is 0.496 e. The molecular formula is C22H33N5O. The smallest absolute Gasteiger partial charge is 0.222 e. The first-order chi connectivity index (χ1) is 13.6. The molecule has 0 atom stereocenters. The molecule has 0 saturated carbocycles. The summed E-state index contributed by atoms with van der Waals surface area (Å²) in [6, 6.07) is 6.56. The van der Waals surface area contributed by atoms with E-state index in [-0.39, 0.29) is 0 Å². The van der Waals surface area contributed by atoms with Crippen LogP contribution in [0.5, 0.6) is 5.75 Å². The molecule has 0 unspecified atom stereocenters. The van der Waals surface area contributed by atoms with Gasteiger partial charge >= 0.3 is 0 Å². The maximum atomic E-state index is 5.89. The van der Waals surface area contributed by atoms with Gasteiger partial charge in [-0.3, -0.25) is 4.90 Å². The van der Waals surface area contributed by atoms with Crippen molar-refractivity contribution < 1.29 is 4.74 Å². The number of nitrogens with zero attached hydrogens (tertiary/aromatic N) is 3. The Kier molecular flexibility index (Phi) is 7.09. The summed E-state index contributed by atoms with van der Waals surface area (Å²) >= 11 is 0. The summed E-state index contributed by atoms with van der Waals surface area (Å²) in [5, 5.41) is 3.43. The van der Waals surface area contributed by atoms with Crippen molar-refractivity contribution in [1.29, 1.82) is 0 Å². The highest BCUT2D eigenvalue weighted by atomic mass is 16.5. The molecule has 0 radical (unpaired) electrons. The number of nitrogens with two attached hydrogens (primary N) is 1. The van der Waals surface area contributed by atoms with Gasteiger partial charge in [0, 0.05) is 30.8 Å². The summed E-state index contributed by atoms with van der Waals surface area (Å²) < 4.78 is 5.72. The van der Waals surface area contributed by atoms with Crippen LogP contribution in [-0.2, 0) is 13.0 Å². The Morgan fingerprint density at radius 3 is 2.71 bits per heavy atom. The first-order valence-corrected chi connectivity index (χ1v) is 10.4. The van der Waals surface area contributed by atoms with Crippen LogP contribution >= 0.6 is 0 Å². The molecule has 3 N–H and O–H groups in total. The van der Waals surface area contributed by atoms with Gasteiger partial charge in [0.15, 0.2) is 0 Å². The lowest BCUT2D eigenvalue weighted by molar-refractivity contribution is 0.330. The summed E-state index contributed by atoms with van der Waals surface area (Å²) in [6.45, 7) is 8.43. The topological polar surface area (TPSA) is 76.3 Å². The Morgan fingerprint density at radius 2 is 2.00 bits per heavy atom. The van der Waals surface area contributed by atoms with Crippen LogP contribution < -0.4 is 15.8 Å². The fourth-order valence-corrected chi connectivity index (χ4v) is 3.78. The van der Waals surface area contributed by atoms with Gasteiger partial charge in [0.25, 0.3) is 0 Å². The maximum absolute atomic E-state index is 5.89. The number of benzene rings is 1. The highest BCUT2D eigenvalue weighted by Crippen LogP contribution is 2.28. The summed E-state index contributed by atoms with van der Waals surface area (Å²) in [4.78, 5) is 11.3. The third kappa shape index (κ3) is 5.13. The molecule has 0 amide bonds. The van der Waals surface area contributed by atoms with Crippen LogP contribution in [-0.4, -0.2) is 41.6 Å². The van der Waals surface area contributed by atoms with Crippen molar-refractivity contribution in [1.82, 2.24) is 14.9 Å². The van der Waals surface area contributed by atoms with E-state index >= 15 is 0 Å². The molecule has 3 rings (SSSR count). The van der Waals surface area contributed by atoms with Crippen LogP contribution in [0, 0.1) is 6.92 Å². The predicted octanol–water partition coefficient (Wildman–Crippen LogP) is 3.77. The average molecular weight is 384 g/mol. The zero-order valence-corrected chi connectivity index (χ0v) is 17.4. The van der Waals surface area contributed by atoms with Gasteiger partial charge in [-0.15, -0.1) is 0 Å². The number of nitrogens with one attached hydrogen (secondary N) is 1. The van der Waals surface area contributed by atoms with Crippen molar-refractivity contribution in [3.05, 3.63) is 40.6 Å². The Hall–Kier alpha value is -2.34. The van der Waals surface area contributed by atoms with Crippen molar-refractivity contribution in [2.75, 3.05) is 37.8 Å². The number of aryl methyl sites for hydroxylation is 1. The standard InChI is InChI=1S/C22H33N5O/c1-4-5-10-24-21-19(16(2)25-22(23)26-21)14-18-9-8-17(13-20(18)28-3)15-27-11-6-7-12-27/h8-9,13H,4-7,10-12,14-15H2,1-3H3,(H3,23,24,25,26). The van der Waals surface area contributed by atoms with Gasteiger partial charge in [-0.25, -0.2) is 4.98 Å². The molecule has 0 bridgehead atoms. The van der Waals surface area contributed by atoms with Crippen LogP contribution in [0.4, 0.5) is 11.8 Å². The number of aromatic nitrogens is 2.